The van der Waals surface area contributed by atoms with Gasteiger partial charge in [0.05, 0.1) is 11.6 Å². The molecule has 0 amide bonds. The average Bonchev–Trinajstić information content (AvgIpc) is 2.27. The van der Waals surface area contributed by atoms with E-state index in [0.717, 1.165) is 23.6 Å². The van der Waals surface area contributed by atoms with E-state index in [4.69, 9.17) is 0 Å². The summed E-state index contributed by atoms with van der Waals surface area (Å²) in [6, 6.07) is 0. The van der Waals surface area contributed by atoms with Gasteiger partial charge < -0.3 is 15.7 Å². The van der Waals surface area contributed by atoms with Crippen molar-refractivity contribution in [1.29, 1.82) is 0 Å². The van der Waals surface area contributed by atoms with Crippen molar-refractivity contribution >= 4 is 11.6 Å². The van der Waals surface area contributed by atoms with Gasteiger partial charge in [0, 0.05) is 12.6 Å². The number of hydrogen-bond donors (Lipinski definition) is 3. The largest absolute Gasteiger partial charge is 0.391 e. The maximum absolute atomic E-state index is 9.71. The Labute approximate surface area is 103 Å². The average molecular weight is 238 g/mol. The Morgan fingerprint density at radius 3 is 2.41 bits per heavy atom. The molecule has 0 aliphatic rings. The second-order valence-electron chi connectivity index (χ2n) is 4.68. The molecule has 1 aromatic rings. The van der Waals surface area contributed by atoms with Gasteiger partial charge in [0.15, 0.2) is 0 Å². The van der Waals surface area contributed by atoms with E-state index >= 15 is 0 Å². The Morgan fingerprint density at radius 1 is 1.35 bits per heavy atom. The number of rotatable bonds is 5. The zero-order valence-electron chi connectivity index (χ0n) is 11.2. The van der Waals surface area contributed by atoms with Crippen LogP contribution in [-0.2, 0) is 6.42 Å². The van der Waals surface area contributed by atoms with Gasteiger partial charge in [-0.2, -0.15) is 0 Å². The summed E-state index contributed by atoms with van der Waals surface area (Å²) in [6.07, 6.45) is 1.88. The molecule has 1 atom stereocenters. The normalized spacial score (nSPS) is 13.3. The highest BCUT2D eigenvalue weighted by molar-refractivity contribution is 5.58. The van der Waals surface area contributed by atoms with Crippen molar-refractivity contribution in [2.75, 3.05) is 17.7 Å². The topological polar surface area (TPSA) is 70.1 Å². The molecule has 0 saturated carbocycles. The van der Waals surface area contributed by atoms with Crippen molar-refractivity contribution in [2.24, 2.45) is 0 Å². The van der Waals surface area contributed by atoms with E-state index in [2.05, 4.69) is 27.5 Å². The second kappa shape index (κ2) is 5.31. The third-order valence-corrected chi connectivity index (χ3v) is 3.02. The van der Waals surface area contributed by atoms with Crippen molar-refractivity contribution in [1.82, 2.24) is 9.97 Å². The van der Waals surface area contributed by atoms with Gasteiger partial charge in [0.1, 0.15) is 18.0 Å². The molecule has 0 spiro atoms. The third kappa shape index (κ3) is 3.06. The smallest absolute Gasteiger partial charge is 0.135 e. The molecular weight excluding hydrogens is 216 g/mol. The van der Waals surface area contributed by atoms with E-state index in [9.17, 15) is 5.11 Å². The third-order valence-electron chi connectivity index (χ3n) is 3.02. The van der Waals surface area contributed by atoms with E-state index in [-0.39, 0.29) is 0 Å². The summed E-state index contributed by atoms with van der Waals surface area (Å²) in [6.45, 7) is 7.70. The zero-order valence-corrected chi connectivity index (χ0v) is 11.2. The monoisotopic (exact) mass is 238 g/mol. The summed E-state index contributed by atoms with van der Waals surface area (Å²) in [5, 5.41) is 16.0. The van der Waals surface area contributed by atoms with Gasteiger partial charge in [-0.3, -0.25) is 0 Å². The van der Waals surface area contributed by atoms with Gasteiger partial charge in [0.25, 0.3) is 0 Å². The molecule has 1 rings (SSSR count). The van der Waals surface area contributed by atoms with Gasteiger partial charge in [-0.15, -0.1) is 0 Å². The number of nitrogens with zero attached hydrogens (tertiary/aromatic N) is 2. The van der Waals surface area contributed by atoms with Crippen LogP contribution in [0.1, 0.15) is 33.3 Å². The standard InChI is InChI=1S/C12H22N4O/c1-6-9-10(13-5)14-7-15-11(9)16-12(3,4)8(2)17/h7-8,17H,6H2,1-5H3,(H2,13,14,15,16). The van der Waals surface area contributed by atoms with Gasteiger partial charge in [0.2, 0.25) is 0 Å². The summed E-state index contributed by atoms with van der Waals surface area (Å²) in [7, 11) is 1.84. The SMILES string of the molecule is CCc1c(NC)ncnc1NC(C)(C)C(C)O. The molecule has 1 unspecified atom stereocenters. The molecule has 0 bridgehead atoms. The van der Waals surface area contributed by atoms with Gasteiger partial charge in [-0.25, -0.2) is 9.97 Å². The molecule has 0 aliphatic heterocycles. The first kappa shape index (κ1) is 13.7. The summed E-state index contributed by atoms with van der Waals surface area (Å²) in [5.74, 6) is 1.60. The van der Waals surface area contributed by atoms with E-state index in [1.165, 1.54) is 6.33 Å². The number of hydrogen-bond acceptors (Lipinski definition) is 5. The van der Waals surface area contributed by atoms with Crippen LogP contribution in [0.5, 0.6) is 0 Å². The fourth-order valence-corrected chi connectivity index (χ4v) is 1.48. The summed E-state index contributed by atoms with van der Waals surface area (Å²) in [5.41, 5.74) is 0.604. The second-order valence-corrected chi connectivity index (χ2v) is 4.68. The molecule has 17 heavy (non-hydrogen) atoms. The quantitative estimate of drug-likeness (QED) is 0.727. The van der Waals surface area contributed by atoms with Crippen LogP contribution in [-0.4, -0.2) is 33.8 Å². The molecule has 3 N–H and O–H groups in total. The molecule has 5 heteroatoms. The first-order chi connectivity index (χ1) is 7.92. The van der Waals surface area contributed by atoms with Crippen LogP contribution < -0.4 is 10.6 Å². The molecule has 0 saturated heterocycles. The van der Waals surface area contributed by atoms with Crippen LogP contribution >= 0.6 is 0 Å². The summed E-state index contributed by atoms with van der Waals surface area (Å²) < 4.78 is 0. The van der Waals surface area contributed by atoms with Gasteiger partial charge >= 0.3 is 0 Å². The highest BCUT2D eigenvalue weighted by Gasteiger charge is 2.25. The fourth-order valence-electron chi connectivity index (χ4n) is 1.48. The molecule has 0 fully saturated rings. The van der Waals surface area contributed by atoms with Crippen LogP contribution in [0.4, 0.5) is 11.6 Å². The molecule has 1 heterocycles. The zero-order chi connectivity index (χ0) is 13.1. The first-order valence-electron chi connectivity index (χ1n) is 5.90. The number of aromatic nitrogens is 2. The Kier molecular flexibility index (Phi) is 4.28. The van der Waals surface area contributed by atoms with E-state index in [1.807, 2.05) is 20.9 Å². The fraction of sp³-hybridized carbons (Fsp3) is 0.667. The van der Waals surface area contributed by atoms with E-state index < -0.39 is 11.6 Å². The summed E-state index contributed by atoms with van der Waals surface area (Å²) >= 11 is 0. The lowest BCUT2D eigenvalue weighted by Gasteiger charge is -2.31. The van der Waals surface area contributed by atoms with Crippen molar-refractivity contribution in [2.45, 2.75) is 45.8 Å². The minimum Gasteiger partial charge on any atom is -0.391 e. The highest BCUT2D eigenvalue weighted by Crippen LogP contribution is 2.24. The minimum absolute atomic E-state index is 0.427. The number of aliphatic hydroxyl groups is 1. The number of anilines is 2. The van der Waals surface area contributed by atoms with Crippen LogP contribution in [0.15, 0.2) is 6.33 Å². The molecular formula is C12H22N4O. The summed E-state index contributed by atoms with van der Waals surface area (Å²) in [4.78, 5) is 8.43. The van der Waals surface area contributed by atoms with E-state index in [0.29, 0.717) is 0 Å². The van der Waals surface area contributed by atoms with Crippen molar-refractivity contribution < 1.29 is 5.11 Å². The maximum Gasteiger partial charge on any atom is 0.135 e. The lowest BCUT2D eigenvalue weighted by Crippen LogP contribution is -2.42. The predicted octanol–water partition coefficient (Wildman–Crippen LogP) is 1.65. The van der Waals surface area contributed by atoms with Crippen molar-refractivity contribution in [3.8, 4) is 0 Å². The predicted molar refractivity (Wildman–Crippen MR) is 70.3 cm³/mol. The molecule has 0 aliphatic carbocycles. The number of aliphatic hydroxyl groups excluding tert-OH is 1. The Balaban J connectivity index is 3.06. The van der Waals surface area contributed by atoms with Crippen LogP contribution in [0.25, 0.3) is 0 Å². The van der Waals surface area contributed by atoms with Crippen molar-refractivity contribution in [3.63, 3.8) is 0 Å². The molecule has 1 aromatic heterocycles. The first-order valence-corrected chi connectivity index (χ1v) is 5.90. The van der Waals surface area contributed by atoms with Crippen LogP contribution in [0, 0.1) is 0 Å². The Hall–Kier alpha value is -1.36. The van der Waals surface area contributed by atoms with Crippen LogP contribution in [0.2, 0.25) is 0 Å². The van der Waals surface area contributed by atoms with Gasteiger partial charge in [-0.1, -0.05) is 6.92 Å². The van der Waals surface area contributed by atoms with Crippen molar-refractivity contribution in [3.05, 3.63) is 11.9 Å². The van der Waals surface area contributed by atoms with E-state index in [1.54, 1.807) is 6.92 Å². The maximum atomic E-state index is 9.71. The molecule has 0 radical (unpaired) electrons. The Bertz CT molecular complexity index is 377. The Morgan fingerprint density at radius 2 is 1.94 bits per heavy atom. The molecule has 5 nitrogen and oxygen atoms in total. The van der Waals surface area contributed by atoms with Crippen LogP contribution in [0.3, 0.4) is 0 Å². The molecule has 96 valence electrons. The lowest BCUT2D eigenvalue weighted by molar-refractivity contribution is 0.133. The molecule has 0 aromatic carbocycles. The minimum atomic E-state index is -0.472. The highest BCUT2D eigenvalue weighted by atomic mass is 16.3. The number of nitrogens with one attached hydrogen (secondary N) is 2. The lowest BCUT2D eigenvalue weighted by atomic mass is 9.98. The van der Waals surface area contributed by atoms with Gasteiger partial charge in [-0.05, 0) is 27.2 Å².